The molecule has 1 N–H and O–H groups in total. The van der Waals surface area contributed by atoms with Gasteiger partial charge in [0, 0.05) is 16.5 Å². The molecule has 3 rings (SSSR count). The highest BCUT2D eigenvalue weighted by molar-refractivity contribution is 5.95. The maximum absolute atomic E-state index is 11.8. The summed E-state index contributed by atoms with van der Waals surface area (Å²) in [5.41, 5.74) is 2.84. The van der Waals surface area contributed by atoms with Crippen molar-refractivity contribution in [1.29, 1.82) is 0 Å². The zero-order valence-electron chi connectivity index (χ0n) is 16.0. The van der Waals surface area contributed by atoms with Crippen LogP contribution in [0, 0.1) is 11.8 Å². The van der Waals surface area contributed by atoms with Crippen LogP contribution in [0.4, 0.5) is 5.82 Å². The Labute approximate surface area is 159 Å². The van der Waals surface area contributed by atoms with Gasteiger partial charge < -0.3 is 10.1 Å². The zero-order valence-corrected chi connectivity index (χ0v) is 16.0. The molecule has 27 heavy (non-hydrogen) atoms. The summed E-state index contributed by atoms with van der Waals surface area (Å²) in [6.07, 6.45) is 0. The van der Waals surface area contributed by atoms with E-state index in [2.05, 4.69) is 37.9 Å². The predicted octanol–water partition coefficient (Wildman–Crippen LogP) is 4.63. The number of rotatable bonds is 2. The minimum Gasteiger partial charge on any atom is -0.465 e. The second kappa shape index (κ2) is 7.51. The molecule has 0 aliphatic carbocycles. The van der Waals surface area contributed by atoms with Crippen LogP contribution in [0.3, 0.4) is 0 Å². The van der Waals surface area contributed by atoms with E-state index in [1.54, 1.807) is 12.1 Å². The van der Waals surface area contributed by atoms with E-state index in [0.29, 0.717) is 5.56 Å². The van der Waals surface area contributed by atoms with E-state index < -0.39 is 0 Å². The van der Waals surface area contributed by atoms with E-state index in [-0.39, 0.29) is 11.5 Å². The summed E-state index contributed by atoms with van der Waals surface area (Å²) in [6, 6.07) is 17.1. The number of carbonyl (C=O) groups is 1. The van der Waals surface area contributed by atoms with Crippen molar-refractivity contribution in [3.63, 3.8) is 0 Å². The van der Waals surface area contributed by atoms with Gasteiger partial charge in [-0.15, -0.1) is 0 Å². The van der Waals surface area contributed by atoms with E-state index in [1.807, 2.05) is 42.5 Å². The van der Waals surface area contributed by atoms with Gasteiger partial charge in [0.25, 0.3) is 0 Å². The number of pyridine rings is 1. The summed E-state index contributed by atoms with van der Waals surface area (Å²) < 4.78 is 4.81. The molecule has 0 spiro atoms. The number of ether oxygens (including phenoxy) is 1. The summed E-state index contributed by atoms with van der Waals surface area (Å²) >= 11 is 0. The van der Waals surface area contributed by atoms with Crippen LogP contribution >= 0.6 is 0 Å². The number of nitrogens with zero attached hydrogens (tertiary/aromatic N) is 1. The molecular formula is C23H22N2O2. The van der Waals surface area contributed by atoms with Crippen molar-refractivity contribution in [2.24, 2.45) is 0 Å². The predicted molar refractivity (Wildman–Crippen MR) is 109 cm³/mol. The number of nitrogens with one attached hydrogen (secondary N) is 1. The fraction of sp³-hybridized carbons (Fsp3) is 0.217. The van der Waals surface area contributed by atoms with Crippen molar-refractivity contribution in [3.05, 3.63) is 71.3 Å². The molecule has 0 bridgehead atoms. The average Bonchev–Trinajstić information content (AvgIpc) is 2.65. The first-order chi connectivity index (χ1) is 12.9. The van der Waals surface area contributed by atoms with Gasteiger partial charge in [0.1, 0.15) is 5.82 Å². The number of carbonyl (C=O) groups excluding carboxylic acids is 1. The van der Waals surface area contributed by atoms with Gasteiger partial charge in [-0.2, -0.15) is 0 Å². The molecule has 0 saturated carbocycles. The molecule has 1 aromatic heterocycles. The minimum atomic E-state index is -0.370. The number of aromatic nitrogens is 1. The molecule has 0 unspecified atom stereocenters. The highest BCUT2D eigenvalue weighted by atomic mass is 16.5. The fourth-order valence-electron chi connectivity index (χ4n) is 2.63. The van der Waals surface area contributed by atoms with Gasteiger partial charge >= 0.3 is 5.97 Å². The molecular weight excluding hydrogens is 336 g/mol. The van der Waals surface area contributed by atoms with Gasteiger partial charge in [-0.1, -0.05) is 30.0 Å². The number of anilines is 1. The maximum atomic E-state index is 11.8. The molecule has 0 fully saturated rings. The second-order valence-electron chi connectivity index (χ2n) is 7.27. The number of hydrogen-bond acceptors (Lipinski definition) is 4. The van der Waals surface area contributed by atoms with Crippen molar-refractivity contribution in [2.75, 3.05) is 12.4 Å². The molecule has 0 amide bonds. The molecule has 0 aliphatic rings. The monoisotopic (exact) mass is 358 g/mol. The van der Waals surface area contributed by atoms with E-state index in [0.717, 1.165) is 27.8 Å². The van der Waals surface area contributed by atoms with Crippen molar-refractivity contribution in [1.82, 2.24) is 4.98 Å². The van der Waals surface area contributed by atoms with Crippen LogP contribution in [0.15, 0.2) is 54.6 Å². The van der Waals surface area contributed by atoms with Crippen LogP contribution in [-0.2, 0) is 4.74 Å². The first kappa shape index (κ1) is 18.5. The summed E-state index contributed by atoms with van der Waals surface area (Å²) in [7, 11) is 1.37. The zero-order chi connectivity index (χ0) is 19.4. The highest BCUT2D eigenvalue weighted by Gasteiger charge is 2.15. The minimum absolute atomic E-state index is 0.157. The van der Waals surface area contributed by atoms with Crippen molar-refractivity contribution in [2.45, 2.75) is 26.3 Å². The van der Waals surface area contributed by atoms with Gasteiger partial charge in [0.15, 0.2) is 0 Å². The van der Waals surface area contributed by atoms with E-state index in [1.165, 1.54) is 7.11 Å². The van der Waals surface area contributed by atoms with E-state index in [4.69, 9.17) is 9.72 Å². The highest BCUT2D eigenvalue weighted by Crippen LogP contribution is 2.24. The molecule has 0 radical (unpaired) electrons. The molecule has 0 atom stereocenters. The number of esters is 1. The number of methoxy groups -OCH3 is 1. The lowest BCUT2D eigenvalue weighted by Gasteiger charge is -2.22. The SMILES string of the molecule is COC(=O)c1ccc2nc(NC(C)(C)C)c(C#Cc3ccccc3)cc2c1. The lowest BCUT2D eigenvalue weighted by atomic mass is 10.1. The second-order valence-corrected chi connectivity index (χ2v) is 7.27. The number of hydrogen-bond donors (Lipinski definition) is 1. The van der Waals surface area contributed by atoms with Crippen LogP contribution in [0.2, 0.25) is 0 Å². The third kappa shape index (κ3) is 4.65. The maximum Gasteiger partial charge on any atom is 0.337 e. The molecule has 0 aliphatic heterocycles. The summed E-state index contributed by atoms with van der Waals surface area (Å²) in [6.45, 7) is 6.23. The Bertz CT molecular complexity index is 1040. The molecule has 3 aromatic rings. The normalized spacial score (nSPS) is 10.8. The average molecular weight is 358 g/mol. The largest absolute Gasteiger partial charge is 0.465 e. The summed E-state index contributed by atoms with van der Waals surface area (Å²) in [5.74, 6) is 6.75. The number of fused-ring (bicyclic) bond motifs is 1. The Balaban J connectivity index is 2.13. The fourth-order valence-corrected chi connectivity index (χ4v) is 2.63. The Kier molecular flexibility index (Phi) is 5.14. The van der Waals surface area contributed by atoms with Crippen molar-refractivity contribution in [3.8, 4) is 11.8 Å². The standard InChI is InChI=1S/C23H22N2O2/c1-23(2,3)25-21-17(11-10-16-8-6-5-7-9-16)14-19-15-18(22(26)27-4)12-13-20(19)24-21/h5-9,12-15H,1-4H3,(H,24,25). The van der Waals surface area contributed by atoms with Crippen LogP contribution in [0.25, 0.3) is 10.9 Å². The molecule has 1 heterocycles. The Morgan fingerprint density at radius 3 is 2.44 bits per heavy atom. The Morgan fingerprint density at radius 1 is 1.04 bits per heavy atom. The molecule has 0 saturated heterocycles. The van der Waals surface area contributed by atoms with Crippen molar-refractivity contribution >= 4 is 22.7 Å². The summed E-state index contributed by atoms with van der Waals surface area (Å²) in [4.78, 5) is 16.6. The van der Waals surface area contributed by atoms with Gasteiger partial charge in [-0.3, -0.25) is 0 Å². The third-order valence-corrected chi connectivity index (χ3v) is 3.84. The Hall–Kier alpha value is -3.32. The van der Waals surface area contributed by atoms with Gasteiger partial charge in [0.05, 0.1) is 23.8 Å². The van der Waals surface area contributed by atoms with Gasteiger partial charge in [0.2, 0.25) is 0 Å². The topological polar surface area (TPSA) is 51.2 Å². The van der Waals surface area contributed by atoms with E-state index >= 15 is 0 Å². The lowest BCUT2D eigenvalue weighted by Crippen LogP contribution is -2.27. The van der Waals surface area contributed by atoms with Crippen molar-refractivity contribution < 1.29 is 9.53 Å². The smallest absolute Gasteiger partial charge is 0.337 e. The third-order valence-electron chi connectivity index (χ3n) is 3.84. The van der Waals surface area contributed by atoms with E-state index in [9.17, 15) is 4.79 Å². The Morgan fingerprint density at radius 2 is 1.78 bits per heavy atom. The van der Waals surface area contributed by atoms with Crippen LogP contribution < -0.4 is 5.32 Å². The first-order valence-electron chi connectivity index (χ1n) is 8.74. The quantitative estimate of drug-likeness (QED) is 0.536. The molecule has 136 valence electrons. The van der Waals surface area contributed by atoms with Crippen LogP contribution in [0.1, 0.15) is 42.3 Å². The van der Waals surface area contributed by atoms with Crippen LogP contribution in [0.5, 0.6) is 0 Å². The van der Waals surface area contributed by atoms with Gasteiger partial charge in [-0.25, -0.2) is 9.78 Å². The van der Waals surface area contributed by atoms with Gasteiger partial charge in [-0.05, 0) is 57.2 Å². The number of benzene rings is 2. The summed E-state index contributed by atoms with van der Waals surface area (Å²) in [5, 5.41) is 4.26. The molecule has 2 aromatic carbocycles. The molecule has 4 nitrogen and oxygen atoms in total. The first-order valence-corrected chi connectivity index (χ1v) is 8.74. The molecule has 4 heteroatoms. The lowest BCUT2D eigenvalue weighted by molar-refractivity contribution is 0.0601. The van der Waals surface area contributed by atoms with Crippen LogP contribution in [-0.4, -0.2) is 23.6 Å².